The summed E-state index contributed by atoms with van der Waals surface area (Å²) in [4.78, 5) is 37.6. The molecule has 0 radical (unpaired) electrons. The molecular formula is C26H24N2O5. The van der Waals surface area contributed by atoms with Crippen LogP contribution in [0.2, 0.25) is 0 Å². The van der Waals surface area contributed by atoms with E-state index in [0.717, 1.165) is 27.2 Å². The number of carboxylic acids is 1. The van der Waals surface area contributed by atoms with Crippen LogP contribution in [0.5, 0.6) is 0 Å². The van der Waals surface area contributed by atoms with Gasteiger partial charge in [-0.3, -0.25) is 9.69 Å². The van der Waals surface area contributed by atoms with Crippen molar-refractivity contribution < 1.29 is 24.2 Å². The second-order valence-corrected chi connectivity index (χ2v) is 7.87. The quantitative estimate of drug-likeness (QED) is 0.542. The molecule has 2 amide bonds. The van der Waals surface area contributed by atoms with E-state index in [1.54, 1.807) is 30.3 Å². The fourth-order valence-corrected chi connectivity index (χ4v) is 4.31. The van der Waals surface area contributed by atoms with Crippen LogP contribution in [0.3, 0.4) is 0 Å². The molecule has 7 heteroatoms. The number of carbonyl (C=O) groups is 3. The van der Waals surface area contributed by atoms with Crippen molar-refractivity contribution in [3.05, 3.63) is 90.0 Å². The maximum Gasteiger partial charge on any atom is 0.415 e. The van der Waals surface area contributed by atoms with Gasteiger partial charge in [-0.2, -0.15) is 0 Å². The fourth-order valence-electron chi connectivity index (χ4n) is 4.31. The highest BCUT2D eigenvalue weighted by molar-refractivity contribution is 5.95. The van der Waals surface area contributed by atoms with Gasteiger partial charge in [0.25, 0.3) is 0 Å². The van der Waals surface area contributed by atoms with Crippen LogP contribution in [0.4, 0.5) is 10.5 Å². The van der Waals surface area contributed by atoms with Crippen LogP contribution in [0, 0.1) is 0 Å². The van der Waals surface area contributed by atoms with E-state index in [9.17, 15) is 19.5 Å². The Kier molecular flexibility index (Phi) is 6.40. The molecule has 4 rings (SSSR count). The molecule has 0 saturated heterocycles. The highest BCUT2D eigenvalue weighted by atomic mass is 16.6. The van der Waals surface area contributed by atoms with Gasteiger partial charge in [0.05, 0.1) is 0 Å². The van der Waals surface area contributed by atoms with E-state index in [1.807, 2.05) is 48.5 Å². The molecule has 3 N–H and O–H groups in total. The minimum atomic E-state index is -1.30. The second-order valence-electron chi connectivity index (χ2n) is 7.87. The van der Waals surface area contributed by atoms with Crippen molar-refractivity contribution in [1.29, 1.82) is 0 Å². The molecule has 0 saturated carbocycles. The van der Waals surface area contributed by atoms with Crippen LogP contribution in [0.25, 0.3) is 11.1 Å². The number of benzene rings is 3. The van der Waals surface area contributed by atoms with E-state index >= 15 is 0 Å². The zero-order chi connectivity index (χ0) is 23.4. The van der Waals surface area contributed by atoms with E-state index < -0.39 is 24.0 Å². The van der Waals surface area contributed by atoms with Gasteiger partial charge in [0.15, 0.2) is 0 Å². The third-order valence-electron chi connectivity index (χ3n) is 5.83. The van der Waals surface area contributed by atoms with Crippen molar-refractivity contribution in [3.8, 4) is 11.1 Å². The number of nitrogens with zero attached hydrogens (tertiary/aromatic N) is 1. The van der Waals surface area contributed by atoms with Gasteiger partial charge in [-0.1, -0.05) is 66.7 Å². The van der Waals surface area contributed by atoms with Crippen LogP contribution >= 0.6 is 0 Å². The number of amides is 2. The lowest BCUT2D eigenvalue weighted by Gasteiger charge is -2.29. The number of fused-ring (bicyclic) bond motifs is 3. The normalized spacial score (nSPS) is 13.0. The number of carbonyl (C=O) groups excluding carboxylic acids is 2. The van der Waals surface area contributed by atoms with E-state index in [-0.39, 0.29) is 25.4 Å². The van der Waals surface area contributed by atoms with Gasteiger partial charge < -0.3 is 15.6 Å². The van der Waals surface area contributed by atoms with Crippen LogP contribution in [-0.4, -0.2) is 35.7 Å². The van der Waals surface area contributed by atoms with Crippen LogP contribution in [-0.2, 0) is 14.3 Å². The van der Waals surface area contributed by atoms with Gasteiger partial charge in [0.2, 0.25) is 5.91 Å². The molecule has 7 nitrogen and oxygen atoms in total. The summed E-state index contributed by atoms with van der Waals surface area (Å²) in [6.45, 7) is 0.0539. The zero-order valence-corrected chi connectivity index (χ0v) is 17.9. The third kappa shape index (κ3) is 4.57. The highest BCUT2D eigenvalue weighted by Gasteiger charge is 2.34. The van der Waals surface area contributed by atoms with E-state index in [4.69, 9.17) is 10.5 Å². The number of anilines is 1. The lowest BCUT2D eigenvalue weighted by atomic mass is 9.98. The summed E-state index contributed by atoms with van der Waals surface area (Å²) >= 11 is 0. The zero-order valence-electron chi connectivity index (χ0n) is 17.9. The van der Waals surface area contributed by atoms with Crippen molar-refractivity contribution in [3.63, 3.8) is 0 Å². The smallest absolute Gasteiger partial charge is 0.415 e. The van der Waals surface area contributed by atoms with Crippen molar-refractivity contribution >= 4 is 23.7 Å². The lowest BCUT2D eigenvalue weighted by Crippen LogP contribution is -2.46. The lowest BCUT2D eigenvalue weighted by molar-refractivity contribution is -0.138. The summed E-state index contributed by atoms with van der Waals surface area (Å²) in [5.74, 6) is -2.04. The Morgan fingerprint density at radius 2 is 1.42 bits per heavy atom. The Balaban J connectivity index is 1.60. The molecule has 0 unspecified atom stereocenters. The van der Waals surface area contributed by atoms with E-state index in [1.165, 1.54) is 0 Å². The number of aliphatic carboxylic acids is 1. The Morgan fingerprint density at radius 1 is 0.879 bits per heavy atom. The van der Waals surface area contributed by atoms with Gasteiger partial charge >= 0.3 is 12.1 Å². The molecular weight excluding hydrogens is 420 g/mol. The molecule has 0 fully saturated rings. The monoisotopic (exact) mass is 444 g/mol. The number of carboxylic acid groups (broad SMARTS) is 1. The number of rotatable bonds is 8. The van der Waals surface area contributed by atoms with Crippen LogP contribution < -0.4 is 10.6 Å². The largest absolute Gasteiger partial charge is 0.480 e. The number of ether oxygens (including phenoxy) is 1. The number of hydrogen-bond acceptors (Lipinski definition) is 4. The summed E-state index contributed by atoms with van der Waals surface area (Å²) in [6, 6.07) is 23.0. The fraction of sp³-hybridized carbons (Fsp3) is 0.192. The first-order valence-corrected chi connectivity index (χ1v) is 10.7. The summed E-state index contributed by atoms with van der Waals surface area (Å²) in [5, 5.41) is 9.81. The Morgan fingerprint density at radius 3 is 1.97 bits per heavy atom. The first-order chi connectivity index (χ1) is 16.0. The van der Waals surface area contributed by atoms with Gasteiger partial charge in [-0.05, 0) is 40.8 Å². The van der Waals surface area contributed by atoms with Gasteiger partial charge in [0.1, 0.15) is 12.6 Å². The molecule has 0 bridgehead atoms. The van der Waals surface area contributed by atoms with Crippen molar-refractivity contribution in [1.82, 2.24) is 0 Å². The minimum absolute atomic E-state index is 0.0539. The summed E-state index contributed by atoms with van der Waals surface area (Å²) < 4.78 is 5.70. The number of para-hydroxylation sites is 1. The molecule has 3 aromatic carbocycles. The first kappa shape index (κ1) is 22.1. The average molecular weight is 444 g/mol. The Hall–Kier alpha value is -4.13. The van der Waals surface area contributed by atoms with Gasteiger partial charge in [-0.15, -0.1) is 0 Å². The SMILES string of the molecule is NC(=O)CC[C@@H](C(=O)O)N(C(=O)OCC1c2ccccc2-c2ccccc21)c1ccccc1. The van der Waals surface area contributed by atoms with Gasteiger partial charge in [0, 0.05) is 18.0 Å². The molecule has 1 aliphatic carbocycles. The summed E-state index contributed by atoms with van der Waals surface area (Å²) in [5.41, 5.74) is 9.89. The van der Waals surface area contributed by atoms with Crippen LogP contribution in [0.1, 0.15) is 29.9 Å². The maximum atomic E-state index is 13.2. The summed E-state index contributed by atoms with van der Waals surface area (Å²) in [6.07, 6.45) is -1.08. The van der Waals surface area contributed by atoms with Crippen molar-refractivity contribution in [2.45, 2.75) is 24.8 Å². The van der Waals surface area contributed by atoms with E-state index in [2.05, 4.69) is 0 Å². The molecule has 0 aromatic heterocycles. The van der Waals surface area contributed by atoms with E-state index in [0.29, 0.717) is 5.69 Å². The highest BCUT2D eigenvalue weighted by Crippen LogP contribution is 2.44. The number of primary amides is 1. The number of hydrogen-bond donors (Lipinski definition) is 2. The number of nitrogens with two attached hydrogens (primary N) is 1. The molecule has 3 aromatic rings. The maximum absolute atomic E-state index is 13.2. The molecule has 33 heavy (non-hydrogen) atoms. The Bertz CT molecular complexity index is 1130. The molecule has 0 aliphatic heterocycles. The van der Waals surface area contributed by atoms with Gasteiger partial charge in [-0.25, -0.2) is 9.59 Å². The molecule has 1 aliphatic rings. The standard InChI is InChI=1S/C26H24N2O5/c27-24(29)15-14-23(25(30)31)28(17-8-2-1-3-9-17)26(32)33-16-22-20-12-6-4-10-18(20)19-11-5-7-13-21(19)22/h1-13,22-23H,14-16H2,(H2,27,29)(H,30,31)/t23-/m0/s1. The first-order valence-electron chi connectivity index (χ1n) is 10.7. The second kappa shape index (κ2) is 9.56. The predicted molar refractivity (Wildman–Crippen MR) is 124 cm³/mol. The molecule has 1 atom stereocenters. The average Bonchev–Trinajstić information content (AvgIpc) is 3.14. The van der Waals surface area contributed by atoms with Crippen molar-refractivity contribution in [2.24, 2.45) is 5.73 Å². The molecule has 0 heterocycles. The van der Waals surface area contributed by atoms with Crippen LogP contribution in [0.15, 0.2) is 78.9 Å². The molecule has 0 spiro atoms. The molecule has 168 valence electrons. The third-order valence-corrected chi connectivity index (χ3v) is 5.83. The Labute approximate surface area is 191 Å². The summed E-state index contributed by atoms with van der Waals surface area (Å²) in [7, 11) is 0. The minimum Gasteiger partial charge on any atom is -0.480 e. The predicted octanol–water partition coefficient (Wildman–Crippen LogP) is 4.16. The topological polar surface area (TPSA) is 110 Å². The van der Waals surface area contributed by atoms with Crippen molar-refractivity contribution in [2.75, 3.05) is 11.5 Å².